The molecule has 2 aromatic carbocycles. The van der Waals surface area contributed by atoms with Crippen molar-refractivity contribution in [3.8, 4) is 5.75 Å². The minimum Gasteiger partial charge on any atom is -0.494 e. The minimum atomic E-state index is -0.458. The summed E-state index contributed by atoms with van der Waals surface area (Å²) < 4.78 is 10.7. The van der Waals surface area contributed by atoms with Crippen LogP contribution >= 0.6 is 11.6 Å². The third kappa shape index (κ3) is 5.15. The van der Waals surface area contributed by atoms with Gasteiger partial charge in [0.1, 0.15) is 5.75 Å². The number of anilines is 1. The first kappa shape index (κ1) is 20.9. The number of aryl methyl sites for hydroxylation is 1. The SMILES string of the molecule is Cc1cc(OCCCC(=O)OCC(=O)c2ccc3c(c2)[C@@H](C)C(=O)N3)ccc1Cl. The number of hydrogen-bond acceptors (Lipinski definition) is 5. The number of rotatable bonds is 8. The molecule has 2 aromatic rings. The molecule has 0 bridgehead atoms. The van der Waals surface area contributed by atoms with E-state index in [0.29, 0.717) is 35.1 Å². The Hall–Kier alpha value is -2.86. The fourth-order valence-electron chi connectivity index (χ4n) is 3.01. The minimum absolute atomic E-state index is 0.0907. The fraction of sp³-hybridized carbons (Fsp3) is 0.318. The lowest BCUT2D eigenvalue weighted by molar-refractivity contribution is -0.142. The van der Waals surface area contributed by atoms with Crippen molar-refractivity contribution in [3.05, 3.63) is 58.1 Å². The number of Topliss-reactive ketones (excluding diaryl/α,β-unsaturated/α-hetero) is 1. The van der Waals surface area contributed by atoms with E-state index in [-0.39, 0.29) is 30.6 Å². The summed E-state index contributed by atoms with van der Waals surface area (Å²) >= 11 is 5.97. The van der Waals surface area contributed by atoms with Crippen molar-refractivity contribution >= 4 is 34.9 Å². The molecule has 0 saturated heterocycles. The molecule has 0 aliphatic carbocycles. The van der Waals surface area contributed by atoms with Gasteiger partial charge in [0.05, 0.1) is 12.5 Å². The molecule has 0 aromatic heterocycles. The number of carbonyl (C=O) groups is 3. The molecule has 1 amide bonds. The number of esters is 1. The molecule has 1 atom stereocenters. The van der Waals surface area contributed by atoms with Crippen LogP contribution in [0.5, 0.6) is 5.75 Å². The van der Waals surface area contributed by atoms with Crippen LogP contribution in [-0.2, 0) is 14.3 Å². The summed E-state index contributed by atoms with van der Waals surface area (Å²) in [6, 6.07) is 10.4. The molecule has 6 nitrogen and oxygen atoms in total. The van der Waals surface area contributed by atoms with E-state index in [0.717, 1.165) is 11.1 Å². The smallest absolute Gasteiger partial charge is 0.306 e. The van der Waals surface area contributed by atoms with Gasteiger partial charge in [-0.25, -0.2) is 0 Å². The Morgan fingerprint density at radius 2 is 1.97 bits per heavy atom. The van der Waals surface area contributed by atoms with Gasteiger partial charge in [0.25, 0.3) is 0 Å². The number of amides is 1. The van der Waals surface area contributed by atoms with Gasteiger partial charge in [-0.2, -0.15) is 0 Å². The number of nitrogens with one attached hydrogen (secondary N) is 1. The topological polar surface area (TPSA) is 81.7 Å². The molecule has 1 aliphatic rings. The highest BCUT2D eigenvalue weighted by Crippen LogP contribution is 2.32. The first-order valence-electron chi connectivity index (χ1n) is 9.37. The van der Waals surface area contributed by atoms with Gasteiger partial charge < -0.3 is 14.8 Å². The van der Waals surface area contributed by atoms with Gasteiger partial charge >= 0.3 is 5.97 Å². The summed E-state index contributed by atoms with van der Waals surface area (Å²) in [4.78, 5) is 35.9. The lowest BCUT2D eigenvalue weighted by Gasteiger charge is -2.08. The maximum absolute atomic E-state index is 12.3. The highest BCUT2D eigenvalue weighted by atomic mass is 35.5. The number of ether oxygens (including phenoxy) is 2. The van der Waals surface area contributed by atoms with E-state index in [4.69, 9.17) is 21.1 Å². The van der Waals surface area contributed by atoms with Crippen LogP contribution in [0.25, 0.3) is 0 Å². The van der Waals surface area contributed by atoms with Crippen LogP contribution in [-0.4, -0.2) is 30.9 Å². The number of fused-ring (bicyclic) bond motifs is 1. The van der Waals surface area contributed by atoms with Gasteiger partial charge in [0, 0.05) is 22.7 Å². The van der Waals surface area contributed by atoms with Crippen LogP contribution in [0.2, 0.25) is 5.02 Å². The molecule has 7 heteroatoms. The molecule has 1 heterocycles. The van der Waals surface area contributed by atoms with Crippen molar-refractivity contribution < 1.29 is 23.9 Å². The third-order valence-electron chi connectivity index (χ3n) is 4.78. The zero-order valence-corrected chi connectivity index (χ0v) is 17.0. The molecule has 29 heavy (non-hydrogen) atoms. The van der Waals surface area contributed by atoms with Crippen LogP contribution in [0, 0.1) is 6.92 Å². The monoisotopic (exact) mass is 415 g/mol. The molecule has 3 rings (SSSR count). The average Bonchev–Trinajstić information content (AvgIpc) is 2.99. The normalized spacial score (nSPS) is 14.9. The molecule has 0 fully saturated rings. The van der Waals surface area contributed by atoms with Crippen molar-refractivity contribution in [2.24, 2.45) is 0 Å². The van der Waals surface area contributed by atoms with Gasteiger partial charge in [-0.3, -0.25) is 14.4 Å². The van der Waals surface area contributed by atoms with Crippen molar-refractivity contribution in [2.45, 2.75) is 32.6 Å². The molecule has 0 saturated carbocycles. The quantitative estimate of drug-likeness (QED) is 0.395. The molecular formula is C22H22ClNO5. The van der Waals surface area contributed by atoms with Gasteiger partial charge in [-0.1, -0.05) is 11.6 Å². The highest BCUT2D eigenvalue weighted by Gasteiger charge is 2.27. The second-order valence-corrected chi connectivity index (χ2v) is 7.37. The van der Waals surface area contributed by atoms with Crippen molar-refractivity contribution in [1.82, 2.24) is 0 Å². The molecule has 1 N–H and O–H groups in total. The number of carbonyl (C=O) groups excluding carboxylic acids is 3. The van der Waals surface area contributed by atoms with E-state index < -0.39 is 5.97 Å². The fourth-order valence-corrected chi connectivity index (χ4v) is 3.12. The second kappa shape index (κ2) is 9.09. The summed E-state index contributed by atoms with van der Waals surface area (Å²) in [5.74, 6) is -0.466. The van der Waals surface area contributed by atoms with Crippen LogP contribution in [0.4, 0.5) is 5.69 Å². The number of benzene rings is 2. The zero-order valence-electron chi connectivity index (χ0n) is 16.3. The largest absolute Gasteiger partial charge is 0.494 e. The first-order chi connectivity index (χ1) is 13.8. The predicted molar refractivity (Wildman–Crippen MR) is 110 cm³/mol. The van der Waals surface area contributed by atoms with Gasteiger partial charge in [0.15, 0.2) is 12.4 Å². The molecule has 0 radical (unpaired) electrons. The van der Waals surface area contributed by atoms with Crippen molar-refractivity contribution in [3.63, 3.8) is 0 Å². The van der Waals surface area contributed by atoms with E-state index in [1.54, 1.807) is 37.3 Å². The average molecular weight is 416 g/mol. The maximum atomic E-state index is 12.3. The first-order valence-corrected chi connectivity index (χ1v) is 9.75. The second-order valence-electron chi connectivity index (χ2n) is 6.96. The highest BCUT2D eigenvalue weighted by molar-refractivity contribution is 6.31. The molecule has 0 unspecified atom stereocenters. The Morgan fingerprint density at radius 3 is 2.72 bits per heavy atom. The van der Waals surface area contributed by atoms with Crippen molar-refractivity contribution in [2.75, 3.05) is 18.5 Å². The predicted octanol–water partition coefficient (Wildman–Crippen LogP) is 4.29. The third-order valence-corrected chi connectivity index (χ3v) is 5.20. The summed E-state index contributed by atoms with van der Waals surface area (Å²) in [7, 11) is 0. The molecule has 1 aliphatic heterocycles. The Labute approximate surface area is 174 Å². The van der Waals surface area contributed by atoms with Gasteiger partial charge in [-0.05, 0) is 67.8 Å². The Morgan fingerprint density at radius 1 is 1.17 bits per heavy atom. The maximum Gasteiger partial charge on any atom is 0.306 e. The molecule has 152 valence electrons. The Balaban J connectivity index is 1.41. The summed E-state index contributed by atoms with van der Waals surface area (Å²) in [5.41, 5.74) is 2.83. The van der Waals surface area contributed by atoms with Crippen LogP contribution < -0.4 is 10.1 Å². The van der Waals surface area contributed by atoms with Crippen molar-refractivity contribution in [1.29, 1.82) is 0 Å². The van der Waals surface area contributed by atoms with E-state index in [1.807, 2.05) is 13.0 Å². The summed E-state index contributed by atoms with van der Waals surface area (Å²) in [6.07, 6.45) is 0.623. The lowest BCUT2D eigenvalue weighted by Crippen LogP contribution is -2.15. The summed E-state index contributed by atoms with van der Waals surface area (Å²) in [5, 5.41) is 3.43. The lowest BCUT2D eigenvalue weighted by atomic mass is 9.99. The Kier molecular flexibility index (Phi) is 6.54. The molecule has 0 spiro atoms. The zero-order chi connectivity index (χ0) is 21.0. The van der Waals surface area contributed by atoms with Crippen LogP contribution in [0.15, 0.2) is 36.4 Å². The number of hydrogen-bond donors (Lipinski definition) is 1. The van der Waals surface area contributed by atoms with Gasteiger partial charge in [0.2, 0.25) is 5.91 Å². The molecular weight excluding hydrogens is 394 g/mol. The Bertz CT molecular complexity index is 956. The number of halogens is 1. The van der Waals surface area contributed by atoms with E-state index in [2.05, 4.69) is 5.32 Å². The van der Waals surface area contributed by atoms with Crippen LogP contribution in [0.1, 0.15) is 47.2 Å². The number of ketones is 1. The summed E-state index contributed by atoms with van der Waals surface area (Å²) in [6.45, 7) is 3.70. The van der Waals surface area contributed by atoms with E-state index >= 15 is 0 Å². The van der Waals surface area contributed by atoms with Crippen LogP contribution in [0.3, 0.4) is 0 Å². The van der Waals surface area contributed by atoms with E-state index in [9.17, 15) is 14.4 Å². The van der Waals surface area contributed by atoms with E-state index in [1.165, 1.54) is 0 Å². The standard InChI is InChI=1S/C22H22ClNO5/c1-13-10-16(6-7-18(13)23)28-9-3-4-21(26)29-12-20(25)15-5-8-19-17(11-15)14(2)22(27)24-19/h5-8,10-11,14H,3-4,9,12H2,1-2H3,(H,24,27)/t14-/m1/s1. The van der Waals surface area contributed by atoms with Gasteiger partial charge in [-0.15, -0.1) is 0 Å².